The van der Waals surface area contributed by atoms with Gasteiger partial charge in [-0.3, -0.25) is 14.4 Å². The van der Waals surface area contributed by atoms with Crippen LogP contribution in [-0.2, 0) is 45.9 Å². The molecule has 0 bridgehead atoms. The molecule has 3 rings (SSSR count). The van der Waals surface area contributed by atoms with Crippen LogP contribution in [0.5, 0.6) is 0 Å². The molecular weight excluding hydrogens is 859 g/mol. The zero-order valence-corrected chi connectivity index (χ0v) is 43.8. The molecule has 67 heavy (non-hydrogen) atoms. The van der Waals surface area contributed by atoms with E-state index in [2.05, 4.69) is 94.6 Å². The summed E-state index contributed by atoms with van der Waals surface area (Å²) in [7, 11) is -2.27. The zero-order valence-electron chi connectivity index (χ0n) is 42.8. The molecular formula is C56H93NO9Si. The van der Waals surface area contributed by atoms with Crippen LogP contribution in [0.2, 0.25) is 18.1 Å². The van der Waals surface area contributed by atoms with Crippen molar-refractivity contribution in [2.75, 3.05) is 6.61 Å². The van der Waals surface area contributed by atoms with Gasteiger partial charge >= 0.3 is 11.9 Å². The summed E-state index contributed by atoms with van der Waals surface area (Å²) in [5, 5.41) is 25.9. The van der Waals surface area contributed by atoms with E-state index in [0.29, 0.717) is 19.3 Å². The standard InChI is InChI=1S/C56H93NO9Si/c1-7-8-9-10-11-12-13-20-31-40-47(64-50(59)41-32-21-16-14-18-25-34-45-36-27-23-28-37-45)43-49(58)57-52-54(53(61)48(65-55(52)62)44-63-67(5,6)56(2,3)4)66-51(60)42-33-22-17-15-19-26-35-46-38-29-24-30-39-46/h23-24,27-30,36-39,47-48,52-55,61-62H,7-22,25-26,31-35,40-44H2,1-6H3,(H,57,58)/t47-,48+,52+,53+,54+,55+/m0/s1. The second-order valence-corrected chi connectivity index (χ2v) is 25.6. The molecule has 11 heteroatoms. The van der Waals surface area contributed by atoms with E-state index in [1.807, 2.05) is 12.1 Å². The van der Waals surface area contributed by atoms with E-state index >= 15 is 0 Å². The average molecular weight is 952 g/mol. The molecule has 0 aliphatic carbocycles. The molecule has 10 nitrogen and oxygen atoms in total. The molecule has 1 aliphatic heterocycles. The molecule has 6 atom stereocenters. The Morgan fingerprint density at radius 2 is 1.12 bits per heavy atom. The molecule has 3 N–H and O–H groups in total. The minimum Gasteiger partial charge on any atom is -0.462 e. The van der Waals surface area contributed by atoms with Gasteiger partial charge in [0.1, 0.15) is 24.4 Å². The number of carbonyl (C=O) groups is 3. The van der Waals surface area contributed by atoms with Gasteiger partial charge in [0.25, 0.3) is 0 Å². The highest BCUT2D eigenvalue weighted by molar-refractivity contribution is 6.74. The number of hydrogen-bond acceptors (Lipinski definition) is 9. The number of ether oxygens (including phenoxy) is 3. The van der Waals surface area contributed by atoms with Crippen LogP contribution >= 0.6 is 0 Å². The van der Waals surface area contributed by atoms with E-state index in [0.717, 1.165) is 103 Å². The van der Waals surface area contributed by atoms with E-state index in [-0.39, 0.29) is 30.5 Å². The van der Waals surface area contributed by atoms with Gasteiger partial charge in [-0.15, -0.1) is 0 Å². The van der Waals surface area contributed by atoms with Crippen molar-refractivity contribution in [2.24, 2.45) is 0 Å². The van der Waals surface area contributed by atoms with E-state index < -0.39 is 56.9 Å². The van der Waals surface area contributed by atoms with Crippen LogP contribution in [0.3, 0.4) is 0 Å². The normalized spacial score (nSPS) is 19.2. The summed E-state index contributed by atoms with van der Waals surface area (Å²) in [5.74, 6) is -1.29. The molecule has 0 aromatic heterocycles. The lowest BCUT2D eigenvalue weighted by Crippen LogP contribution is -2.65. The van der Waals surface area contributed by atoms with Gasteiger partial charge in [-0.1, -0.05) is 191 Å². The molecule has 1 fully saturated rings. The topological polar surface area (TPSA) is 141 Å². The van der Waals surface area contributed by atoms with Crippen LogP contribution < -0.4 is 5.32 Å². The van der Waals surface area contributed by atoms with E-state index in [4.69, 9.17) is 18.6 Å². The minimum atomic E-state index is -2.27. The maximum atomic E-state index is 13.9. The third-order valence-corrected chi connectivity index (χ3v) is 18.4. The lowest BCUT2D eigenvalue weighted by molar-refractivity contribution is -0.258. The molecule has 1 aliphatic rings. The van der Waals surface area contributed by atoms with Crippen LogP contribution in [-0.4, -0.2) is 79.7 Å². The monoisotopic (exact) mass is 952 g/mol. The molecule has 1 heterocycles. The van der Waals surface area contributed by atoms with Crippen LogP contribution in [0.15, 0.2) is 60.7 Å². The summed E-state index contributed by atoms with van der Waals surface area (Å²) >= 11 is 0. The fraction of sp³-hybridized carbons (Fsp3) is 0.732. The Labute approximate surface area is 407 Å². The predicted octanol–water partition coefficient (Wildman–Crippen LogP) is 12.7. The highest BCUT2D eigenvalue weighted by atomic mass is 28.4. The molecule has 0 radical (unpaired) electrons. The number of amides is 1. The Morgan fingerprint density at radius 1 is 0.657 bits per heavy atom. The molecule has 2 aromatic rings. The summed E-state index contributed by atoms with van der Waals surface area (Å²) in [6, 6.07) is 19.8. The van der Waals surface area contributed by atoms with Gasteiger partial charge in [0.2, 0.25) is 5.91 Å². The number of esters is 2. The molecule has 0 saturated carbocycles. The minimum absolute atomic E-state index is 0.00126. The van der Waals surface area contributed by atoms with Crippen LogP contribution in [0.25, 0.3) is 0 Å². The van der Waals surface area contributed by atoms with E-state index in [1.165, 1.54) is 49.7 Å². The number of carbonyl (C=O) groups excluding carboxylic acids is 3. The van der Waals surface area contributed by atoms with E-state index in [1.54, 1.807) is 0 Å². The Morgan fingerprint density at radius 3 is 1.63 bits per heavy atom. The van der Waals surface area contributed by atoms with Gasteiger partial charge in [-0.25, -0.2) is 0 Å². The van der Waals surface area contributed by atoms with Gasteiger partial charge in [0.15, 0.2) is 20.7 Å². The highest BCUT2D eigenvalue weighted by Crippen LogP contribution is 2.37. The number of unbranched alkanes of at least 4 members (excludes halogenated alkanes) is 18. The van der Waals surface area contributed by atoms with Crippen LogP contribution in [0, 0.1) is 0 Å². The first kappa shape index (κ1) is 58.2. The summed E-state index contributed by atoms with van der Waals surface area (Å²) < 4.78 is 24.2. The Kier molecular flexibility index (Phi) is 29.1. The van der Waals surface area contributed by atoms with Crippen molar-refractivity contribution < 1.29 is 43.2 Å². The Balaban J connectivity index is 1.57. The third-order valence-electron chi connectivity index (χ3n) is 13.9. The van der Waals surface area contributed by atoms with Crippen molar-refractivity contribution in [1.29, 1.82) is 0 Å². The van der Waals surface area contributed by atoms with Crippen molar-refractivity contribution in [3.8, 4) is 0 Å². The highest BCUT2D eigenvalue weighted by Gasteiger charge is 2.49. The molecule has 1 saturated heterocycles. The maximum Gasteiger partial charge on any atom is 0.306 e. The van der Waals surface area contributed by atoms with Crippen molar-refractivity contribution in [3.63, 3.8) is 0 Å². The van der Waals surface area contributed by atoms with Crippen molar-refractivity contribution in [1.82, 2.24) is 5.32 Å². The van der Waals surface area contributed by atoms with Crippen LogP contribution in [0.4, 0.5) is 0 Å². The lowest BCUT2D eigenvalue weighted by atomic mass is 9.96. The summed E-state index contributed by atoms with van der Waals surface area (Å²) in [6.45, 7) is 12.8. The fourth-order valence-electron chi connectivity index (χ4n) is 8.56. The second kappa shape index (κ2) is 33.4. The lowest BCUT2D eigenvalue weighted by Gasteiger charge is -2.44. The molecule has 380 valence electrons. The predicted molar refractivity (Wildman–Crippen MR) is 273 cm³/mol. The molecule has 0 unspecified atom stereocenters. The Hall–Kier alpha value is -3.09. The van der Waals surface area contributed by atoms with Gasteiger partial charge in [0, 0.05) is 12.8 Å². The fourth-order valence-corrected chi connectivity index (χ4v) is 9.58. The summed E-state index contributed by atoms with van der Waals surface area (Å²) in [5.41, 5.74) is 2.72. The van der Waals surface area contributed by atoms with Gasteiger partial charge < -0.3 is 34.2 Å². The van der Waals surface area contributed by atoms with Gasteiger partial charge in [-0.2, -0.15) is 0 Å². The number of aliphatic hydroxyl groups is 2. The number of hydrogen-bond donors (Lipinski definition) is 3. The number of nitrogens with one attached hydrogen (secondary N) is 1. The van der Waals surface area contributed by atoms with Crippen LogP contribution in [0.1, 0.15) is 199 Å². The van der Waals surface area contributed by atoms with Crippen molar-refractivity contribution >= 4 is 26.2 Å². The number of rotatable bonds is 36. The Bertz CT molecular complexity index is 1600. The van der Waals surface area contributed by atoms with Gasteiger partial charge in [0.05, 0.1) is 13.0 Å². The quantitative estimate of drug-likeness (QED) is 0.0346. The average Bonchev–Trinajstić information content (AvgIpc) is 3.29. The number of benzene rings is 2. The van der Waals surface area contributed by atoms with Crippen molar-refractivity contribution in [3.05, 3.63) is 71.8 Å². The number of aliphatic hydroxyl groups excluding tert-OH is 2. The largest absolute Gasteiger partial charge is 0.462 e. The molecule has 1 amide bonds. The zero-order chi connectivity index (χ0) is 48.8. The summed E-state index contributed by atoms with van der Waals surface area (Å²) in [4.78, 5) is 40.4. The second-order valence-electron chi connectivity index (χ2n) is 20.8. The third kappa shape index (κ3) is 24.8. The maximum absolute atomic E-state index is 13.9. The molecule has 0 spiro atoms. The first-order chi connectivity index (χ1) is 32.2. The summed E-state index contributed by atoms with van der Waals surface area (Å²) in [6.07, 6.45) is 19.5. The first-order valence-corrected chi connectivity index (χ1v) is 29.5. The number of aryl methyl sites for hydroxylation is 2. The van der Waals surface area contributed by atoms with Crippen molar-refractivity contribution in [2.45, 2.75) is 256 Å². The van der Waals surface area contributed by atoms with Gasteiger partial charge in [-0.05, 0) is 80.6 Å². The van der Waals surface area contributed by atoms with E-state index in [9.17, 15) is 24.6 Å². The SMILES string of the molecule is CCCCCCCCCCC[C@@H](CC(=O)N[C@@H]1[C@@H](OC(=O)CCCCCCCCc2ccccc2)[C@H](O)[C@@H](CO[Si](C)(C)C(C)(C)C)O[C@H]1O)OC(=O)CCCCCCCCc1ccccc1. The smallest absolute Gasteiger partial charge is 0.306 e. The first-order valence-electron chi connectivity index (χ1n) is 26.6. The molecule has 2 aromatic carbocycles.